The van der Waals surface area contributed by atoms with Crippen LogP contribution < -0.4 is 10.5 Å². The van der Waals surface area contributed by atoms with Crippen LogP contribution >= 0.6 is 23.2 Å². The van der Waals surface area contributed by atoms with Gasteiger partial charge < -0.3 is 10.5 Å². The quantitative estimate of drug-likeness (QED) is 0.849. The van der Waals surface area contributed by atoms with Crippen molar-refractivity contribution in [1.29, 1.82) is 0 Å². The number of rotatable bonds is 5. The number of nitrogens with two attached hydrogens (primary N) is 1. The van der Waals surface area contributed by atoms with Gasteiger partial charge in [-0.2, -0.15) is 0 Å². The predicted octanol–water partition coefficient (Wildman–Crippen LogP) is 3.76. The molecule has 1 atom stereocenters. The molecule has 0 amide bonds. The summed E-state index contributed by atoms with van der Waals surface area (Å²) in [4.78, 5) is 0.455. The molecule has 20 heavy (non-hydrogen) atoms. The standard InChI is InChI=1S/C14H13Cl2NO2S/c15-12-2-1-3-13(16)14(12)20(18)9-8-19-11-6-4-10(17)5-7-11/h1-7H,8-9,17H2. The third-order valence-corrected chi connectivity index (χ3v) is 4.85. The summed E-state index contributed by atoms with van der Waals surface area (Å²) in [6, 6.07) is 12.1. The Kier molecular flexibility index (Phi) is 5.29. The highest BCUT2D eigenvalue weighted by atomic mass is 35.5. The van der Waals surface area contributed by atoms with Crippen molar-refractivity contribution >= 4 is 39.7 Å². The second-order valence-corrected chi connectivity index (χ2v) is 6.34. The van der Waals surface area contributed by atoms with E-state index in [2.05, 4.69) is 0 Å². The minimum absolute atomic E-state index is 0.304. The number of halogens is 2. The van der Waals surface area contributed by atoms with Crippen molar-refractivity contribution in [3.8, 4) is 5.75 Å². The fraction of sp³-hybridized carbons (Fsp3) is 0.143. The SMILES string of the molecule is Nc1ccc(OCCS(=O)c2c(Cl)cccc2Cl)cc1. The van der Waals surface area contributed by atoms with Gasteiger partial charge in [0, 0.05) is 5.69 Å². The van der Waals surface area contributed by atoms with Crippen LogP contribution in [-0.4, -0.2) is 16.6 Å². The van der Waals surface area contributed by atoms with Crippen molar-refractivity contribution < 1.29 is 8.95 Å². The lowest BCUT2D eigenvalue weighted by Crippen LogP contribution is -2.09. The van der Waals surface area contributed by atoms with Crippen molar-refractivity contribution in [2.75, 3.05) is 18.1 Å². The van der Waals surface area contributed by atoms with E-state index in [4.69, 9.17) is 33.7 Å². The first-order valence-electron chi connectivity index (χ1n) is 5.88. The zero-order chi connectivity index (χ0) is 14.5. The second-order valence-electron chi connectivity index (χ2n) is 4.02. The molecular weight excluding hydrogens is 317 g/mol. The highest BCUT2D eigenvalue weighted by Crippen LogP contribution is 2.27. The van der Waals surface area contributed by atoms with E-state index in [-0.39, 0.29) is 0 Å². The molecule has 0 aromatic heterocycles. The van der Waals surface area contributed by atoms with Gasteiger partial charge in [0.1, 0.15) is 12.4 Å². The average molecular weight is 330 g/mol. The molecule has 0 aliphatic heterocycles. The summed E-state index contributed by atoms with van der Waals surface area (Å²) in [7, 11) is -1.30. The Morgan fingerprint density at radius 3 is 2.25 bits per heavy atom. The van der Waals surface area contributed by atoms with Gasteiger partial charge in [-0.25, -0.2) is 0 Å². The van der Waals surface area contributed by atoms with E-state index >= 15 is 0 Å². The molecule has 1 unspecified atom stereocenters. The van der Waals surface area contributed by atoms with Gasteiger partial charge in [0.15, 0.2) is 0 Å². The van der Waals surface area contributed by atoms with E-state index in [1.165, 1.54) is 0 Å². The summed E-state index contributed by atoms with van der Waals surface area (Å²) in [6.45, 7) is 0.304. The largest absolute Gasteiger partial charge is 0.493 e. The number of hydrogen-bond donors (Lipinski definition) is 1. The summed E-state index contributed by atoms with van der Waals surface area (Å²) in [5.41, 5.74) is 6.25. The Morgan fingerprint density at radius 1 is 1.05 bits per heavy atom. The molecule has 2 aromatic carbocycles. The van der Waals surface area contributed by atoms with Crippen LogP contribution in [0, 0.1) is 0 Å². The van der Waals surface area contributed by atoms with Crippen LogP contribution in [0.25, 0.3) is 0 Å². The first kappa shape index (κ1) is 15.2. The van der Waals surface area contributed by atoms with Crippen molar-refractivity contribution in [2.24, 2.45) is 0 Å². The Morgan fingerprint density at radius 2 is 1.65 bits per heavy atom. The molecule has 0 spiro atoms. The van der Waals surface area contributed by atoms with Crippen LogP contribution in [0.4, 0.5) is 5.69 Å². The maximum Gasteiger partial charge on any atom is 0.119 e. The molecule has 106 valence electrons. The van der Waals surface area contributed by atoms with Crippen LogP contribution in [0.2, 0.25) is 10.0 Å². The van der Waals surface area contributed by atoms with Gasteiger partial charge in [-0.1, -0.05) is 29.3 Å². The van der Waals surface area contributed by atoms with Crippen LogP contribution in [-0.2, 0) is 10.8 Å². The fourth-order valence-electron chi connectivity index (χ4n) is 1.60. The molecule has 2 N–H and O–H groups in total. The van der Waals surface area contributed by atoms with Gasteiger partial charge in [-0.3, -0.25) is 4.21 Å². The summed E-state index contributed by atoms with van der Waals surface area (Å²) in [6.07, 6.45) is 0. The summed E-state index contributed by atoms with van der Waals surface area (Å²) in [5.74, 6) is 0.995. The summed E-state index contributed by atoms with van der Waals surface area (Å²) in [5, 5.41) is 0.812. The van der Waals surface area contributed by atoms with Crippen molar-refractivity contribution in [3.63, 3.8) is 0 Å². The summed E-state index contributed by atoms with van der Waals surface area (Å²) < 4.78 is 17.7. The molecule has 3 nitrogen and oxygen atoms in total. The predicted molar refractivity (Wildman–Crippen MR) is 84.1 cm³/mol. The van der Waals surface area contributed by atoms with Gasteiger partial charge in [0.05, 0.1) is 31.5 Å². The van der Waals surface area contributed by atoms with Gasteiger partial charge in [-0.15, -0.1) is 0 Å². The van der Waals surface area contributed by atoms with Gasteiger partial charge in [-0.05, 0) is 36.4 Å². The molecule has 0 saturated carbocycles. The zero-order valence-electron chi connectivity index (χ0n) is 10.5. The monoisotopic (exact) mass is 329 g/mol. The zero-order valence-corrected chi connectivity index (χ0v) is 12.8. The smallest absolute Gasteiger partial charge is 0.119 e. The molecule has 6 heteroatoms. The van der Waals surface area contributed by atoms with E-state index in [0.29, 0.717) is 38.7 Å². The third kappa shape index (κ3) is 3.88. The molecule has 0 radical (unpaired) electrons. The van der Waals surface area contributed by atoms with E-state index < -0.39 is 10.8 Å². The average Bonchev–Trinajstić information content (AvgIpc) is 2.41. The minimum atomic E-state index is -1.30. The van der Waals surface area contributed by atoms with Gasteiger partial charge >= 0.3 is 0 Å². The minimum Gasteiger partial charge on any atom is -0.493 e. The summed E-state index contributed by atoms with van der Waals surface area (Å²) >= 11 is 12.0. The van der Waals surface area contributed by atoms with Gasteiger partial charge in [0.2, 0.25) is 0 Å². The lowest BCUT2D eigenvalue weighted by Gasteiger charge is -2.08. The van der Waals surface area contributed by atoms with Crippen molar-refractivity contribution in [3.05, 3.63) is 52.5 Å². The lowest BCUT2D eigenvalue weighted by atomic mass is 10.3. The molecule has 0 fully saturated rings. The van der Waals surface area contributed by atoms with Crippen molar-refractivity contribution in [1.82, 2.24) is 0 Å². The fourth-order valence-corrected chi connectivity index (χ4v) is 3.53. The molecule has 0 heterocycles. The van der Waals surface area contributed by atoms with E-state index in [1.807, 2.05) is 0 Å². The molecular formula is C14H13Cl2NO2S. The van der Waals surface area contributed by atoms with E-state index in [0.717, 1.165) is 0 Å². The third-order valence-electron chi connectivity index (χ3n) is 2.56. The number of ether oxygens (including phenoxy) is 1. The maximum atomic E-state index is 12.2. The second kappa shape index (κ2) is 6.97. The maximum absolute atomic E-state index is 12.2. The molecule has 2 rings (SSSR count). The van der Waals surface area contributed by atoms with Crippen LogP contribution in [0.1, 0.15) is 0 Å². The molecule has 2 aromatic rings. The van der Waals surface area contributed by atoms with Crippen LogP contribution in [0.3, 0.4) is 0 Å². The normalized spacial score (nSPS) is 12.1. The highest BCUT2D eigenvalue weighted by molar-refractivity contribution is 7.85. The molecule has 0 aliphatic rings. The lowest BCUT2D eigenvalue weighted by molar-refractivity contribution is 0.342. The first-order chi connectivity index (χ1) is 9.58. The number of benzene rings is 2. The number of nitrogen functional groups attached to an aromatic ring is 1. The van der Waals surface area contributed by atoms with Crippen molar-refractivity contribution in [2.45, 2.75) is 4.90 Å². The molecule has 0 bridgehead atoms. The van der Waals surface area contributed by atoms with Gasteiger partial charge in [0.25, 0.3) is 0 Å². The van der Waals surface area contributed by atoms with E-state index in [9.17, 15) is 4.21 Å². The van der Waals surface area contributed by atoms with E-state index in [1.54, 1.807) is 42.5 Å². The highest BCUT2D eigenvalue weighted by Gasteiger charge is 2.12. The number of anilines is 1. The molecule has 0 aliphatic carbocycles. The number of hydrogen-bond acceptors (Lipinski definition) is 3. The Labute approximate surface area is 130 Å². The van der Waals surface area contributed by atoms with Crippen LogP contribution in [0.15, 0.2) is 47.4 Å². The Balaban J connectivity index is 1.94. The Bertz CT molecular complexity index is 597. The first-order valence-corrected chi connectivity index (χ1v) is 7.96. The topological polar surface area (TPSA) is 52.3 Å². The van der Waals surface area contributed by atoms with Crippen LogP contribution in [0.5, 0.6) is 5.75 Å². The molecule has 0 saturated heterocycles. The Hall–Kier alpha value is -1.23.